The molecule has 4 aromatic rings. The highest BCUT2D eigenvalue weighted by Gasteiger charge is 2.20. The first-order chi connectivity index (χ1) is 14.0. The van der Waals surface area contributed by atoms with E-state index in [0.29, 0.717) is 0 Å². The van der Waals surface area contributed by atoms with Gasteiger partial charge in [-0.3, -0.25) is 4.98 Å². The van der Waals surface area contributed by atoms with Crippen molar-refractivity contribution in [3.63, 3.8) is 0 Å². The number of pyridine rings is 1. The smallest absolute Gasteiger partial charge is 0.162 e. The van der Waals surface area contributed by atoms with E-state index in [1.807, 2.05) is 12.1 Å². The zero-order valence-electron chi connectivity index (χ0n) is 17.1. The second-order valence-electron chi connectivity index (χ2n) is 8.22. The highest BCUT2D eigenvalue weighted by Crippen LogP contribution is 2.37. The molecule has 1 aromatic carbocycles. The van der Waals surface area contributed by atoms with Crippen molar-refractivity contribution in [1.82, 2.24) is 15.0 Å². The van der Waals surface area contributed by atoms with Gasteiger partial charge in [0.15, 0.2) is 5.82 Å². The SMILES string of the molecule is CC(C)(C)c1cc2nc(-c3ccncc3)nc(NCCCc3ccccc3)c2s1. The lowest BCUT2D eigenvalue weighted by atomic mass is 9.95. The number of nitrogens with zero attached hydrogens (tertiary/aromatic N) is 3. The van der Waals surface area contributed by atoms with Gasteiger partial charge in [0.2, 0.25) is 0 Å². The lowest BCUT2D eigenvalue weighted by molar-refractivity contribution is 0.604. The largest absolute Gasteiger partial charge is 0.369 e. The summed E-state index contributed by atoms with van der Waals surface area (Å²) in [5.74, 6) is 1.67. The van der Waals surface area contributed by atoms with Crippen LogP contribution in [0, 0.1) is 0 Å². The van der Waals surface area contributed by atoms with E-state index in [4.69, 9.17) is 9.97 Å². The van der Waals surface area contributed by atoms with E-state index >= 15 is 0 Å². The molecule has 1 N–H and O–H groups in total. The van der Waals surface area contributed by atoms with Gasteiger partial charge in [-0.1, -0.05) is 51.1 Å². The van der Waals surface area contributed by atoms with Crippen LogP contribution in [0.2, 0.25) is 0 Å². The summed E-state index contributed by atoms with van der Waals surface area (Å²) in [5, 5.41) is 3.58. The molecule has 0 bridgehead atoms. The van der Waals surface area contributed by atoms with E-state index in [-0.39, 0.29) is 5.41 Å². The minimum atomic E-state index is 0.0901. The molecule has 3 aromatic heterocycles. The van der Waals surface area contributed by atoms with Crippen molar-refractivity contribution in [1.29, 1.82) is 0 Å². The van der Waals surface area contributed by atoms with Gasteiger partial charge in [0.05, 0.1) is 10.2 Å². The molecular weight excluding hydrogens is 376 g/mol. The molecule has 0 aliphatic carbocycles. The number of rotatable bonds is 6. The van der Waals surface area contributed by atoms with Gasteiger partial charge in [-0.2, -0.15) is 0 Å². The topological polar surface area (TPSA) is 50.7 Å². The number of anilines is 1. The number of thiophene rings is 1. The second kappa shape index (κ2) is 8.29. The molecule has 148 valence electrons. The molecule has 5 heteroatoms. The third kappa shape index (κ3) is 4.62. The molecule has 0 saturated heterocycles. The number of nitrogens with one attached hydrogen (secondary N) is 1. The average molecular weight is 403 g/mol. The van der Waals surface area contributed by atoms with Crippen LogP contribution < -0.4 is 5.32 Å². The minimum absolute atomic E-state index is 0.0901. The second-order valence-corrected chi connectivity index (χ2v) is 9.27. The number of hydrogen-bond acceptors (Lipinski definition) is 5. The zero-order chi connectivity index (χ0) is 20.3. The van der Waals surface area contributed by atoms with Gasteiger partial charge in [-0.25, -0.2) is 9.97 Å². The van der Waals surface area contributed by atoms with Crippen molar-refractivity contribution in [3.05, 3.63) is 71.4 Å². The van der Waals surface area contributed by atoms with Gasteiger partial charge >= 0.3 is 0 Å². The van der Waals surface area contributed by atoms with Crippen molar-refractivity contribution < 1.29 is 0 Å². The van der Waals surface area contributed by atoms with Crippen molar-refractivity contribution in [2.45, 2.75) is 39.0 Å². The predicted octanol–water partition coefficient (Wildman–Crippen LogP) is 6.10. The van der Waals surface area contributed by atoms with Crippen molar-refractivity contribution in [3.8, 4) is 11.4 Å². The van der Waals surface area contributed by atoms with Crippen LogP contribution in [0.25, 0.3) is 21.6 Å². The highest BCUT2D eigenvalue weighted by molar-refractivity contribution is 7.19. The van der Waals surface area contributed by atoms with E-state index in [2.05, 4.69) is 67.5 Å². The Balaban J connectivity index is 1.62. The van der Waals surface area contributed by atoms with Gasteiger partial charge in [0.1, 0.15) is 5.82 Å². The molecule has 4 nitrogen and oxygen atoms in total. The standard InChI is InChI=1S/C24H26N4S/c1-24(2,3)20-16-19-21(29-20)23(26-13-7-10-17-8-5-4-6-9-17)28-22(27-19)18-11-14-25-15-12-18/h4-6,8-9,11-12,14-16H,7,10,13H2,1-3H3,(H,26,27,28). The minimum Gasteiger partial charge on any atom is -0.369 e. The monoisotopic (exact) mass is 402 g/mol. The fourth-order valence-corrected chi connectivity index (χ4v) is 4.31. The molecule has 0 unspecified atom stereocenters. The first kappa shape index (κ1) is 19.5. The van der Waals surface area contributed by atoms with Crippen LogP contribution >= 0.6 is 11.3 Å². The molecule has 3 heterocycles. The highest BCUT2D eigenvalue weighted by atomic mass is 32.1. The number of fused-ring (bicyclic) bond motifs is 1. The fraction of sp³-hybridized carbons (Fsp3) is 0.292. The van der Waals surface area contributed by atoms with E-state index < -0.39 is 0 Å². The van der Waals surface area contributed by atoms with Gasteiger partial charge in [-0.15, -0.1) is 11.3 Å². The third-order valence-electron chi connectivity index (χ3n) is 4.83. The molecule has 0 atom stereocenters. The molecular formula is C24H26N4S. The molecule has 0 aliphatic heterocycles. The molecule has 0 saturated carbocycles. The molecule has 0 radical (unpaired) electrons. The average Bonchev–Trinajstić information content (AvgIpc) is 3.17. The molecule has 4 rings (SSSR count). The molecule has 0 spiro atoms. The van der Waals surface area contributed by atoms with Crippen LogP contribution in [0.3, 0.4) is 0 Å². The maximum atomic E-state index is 4.87. The Labute approximate surface area is 176 Å². The van der Waals surface area contributed by atoms with E-state index in [1.165, 1.54) is 10.4 Å². The van der Waals surface area contributed by atoms with Crippen LogP contribution in [0.1, 0.15) is 37.6 Å². The fourth-order valence-electron chi connectivity index (χ4n) is 3.19. The van der Waals surface area contributed by atoms with E-state index in [1.54, 1.807) is 23.7 Å². The summed E-state index contributed by atoms with van der Waals surface area (Å²) in [6.07, 6.45) is 5.67. The zero-order valence-corrected chi connectivity index (χ0v) is 18.0. The summed E-state index contributed by atoms with van der Waals surface area (Å²) >= 11 is 1.79. The van der Waals surface area contributed by atoms with E-state index in [0.717, 1.165) is 46.8 Å². The predicted molar refractivity (Wildman–Crippen MR) is 123 cm³/mol. The van der Waals surface area contributed by atoms with Gasteiger partial charge < -0.3 is 5.32 Å². The van der Waals surface area contributed by atoms with Crippen molar-refractivity contribution in [2.24, 2.45) is 0 Å². The van der Waals surface area contributed by atoms with Gasteiger partial charge in [-0.05, 0) is 42.0 Å². The Morgan fingerprint density at radius 3 is 2.45 bits per heavy atom. The maximum Gasteiger partial charge on any atom is 0.162 e. The van der Waals surface area contributed by atoms with Gasteiger partial charge in [0.25, 0.3) is 0 Å². The van der Waals surface area contributed by atoms with Gasteiger partial charge in [0, 0.05) is 29.4 Å². The lowest BCUT2D eigenvalue weighted by Gasteiger charge is -2.14. The summed E-state index contributed by atoms with van der Waals surface area (Å²) in [4.78, 5) is 15.2. The van der Waals surface area contributed by atoms with Crippen LogP contribution in [0.4, 0.5) is 5.82 Å². The first-order valence-electron chi connectivity index (χ1n) is 10.0. The molecule has 0 amide bonds. The quantitative estimate of drug-likeness (QED) is 0.396. The summed E-state index contributed by atoms with van der Waals surface area (Å²) in [5.41, 5.74) is 3.45. The summed E-state index contributed by atoms with van der Waals surface area (Å²) in [6.45, 7) is 7.59. The first-order valence-corrected chi connectivity index (χ1v) is 10.8. The van der Waals surface area contributed by atoms with Crippen LogP contribution in [0.15, 0.2) is 60.9 Å². The molecule has 0 aliphatic rings. The maximum absolute atomic E-state index is 4.87. The van der Waals surface area contributed by atoms with Crippen molar-refractivity contribution in [2.75, 3.05) is 11.9 Å². The van der Waals surface area contributed by atoms with Crippen LogP contribution in [-0.4, -0.2) is 21.5 Å². The Morgan fingerprint density at radius 1 is 0.966 bits per heavy atom. The Morgan fingerprint density at radius 2 is 1.72 bits per heavy atom. The summed E-state index contributed by atoms with van der Waals surface area (Å²) < 4.78 is 1.13. The van der Waals surface area contributed by atoms with Crippen molar-refractivity contribution >= 4 is 27.4 Å². The Kier molecular flexibility index (Phi) is 5.58. The summed E-state index contributed by atoms with van der Waals surface area (Å²) in [7, 11) is 0. The van der Waals surface area contributed by atoms with Crippen LogP contribution in [-0.2, 0) is 11.8 Å². The number of aryl methyl sites for hydroxylation is 1. The normalized spacial score (nSPS) is 11.7. The molecule has 0 fully saturated rings. The number of hydrogen-bond donors (Lipinski definition) is 1. The summed E-state index contributed by atoms with van der Waals surface area (Å²) in [6, 6.07) is 16.7. The number of benzene rings is 1. The third-order valence-corrected chi connectivity index (χ3v) is 6.38. The van der Waals surface area contributed by atoms with E-state index in [9.17, 15) is 0 Å². The Hall–Kier alpha value is -2.79. The lowest BCUT2D eigenvalue weighted by Crippen LogP contribution is -2.07. The Bertz CT molecular complexity index is 1080. The number of aromatic nitrogens is 3. The van der Waals surface area contributed by atoms with Crippen LogP contribution in [0.5, 0.6) is 0 Å². The molecule has 29 heavy (non-hydrogen) atoms.